The Hall–Kier alpha value is -3.45. The Balaban J connectivity index is 1.34. The highest BCUT2D eigenvalue weighted by Crippen LogP contribution is 2.44. The van der Waals surface area contributed by atoms with Gasteiger partial charge >= 0.3 is 0 Å². The van der Waals surface area contributed by atoms with Gasteiger partial charge in [0, 0.05) is 53.2 Å². The zero-order valence-electron chi connectivity index (χ0n) is 25.0. The topological polar surface area (TPSA) is 64.3 Å². The molecule has 2 aliphatic rings. The monoisotopic (exact) mass is 587 g/mol. The maximum Gasteiger partial charge on any atom is 0.232 e. The lowest BCUT2D eigenvalue weighted by Crippen LogP contribution is -2.23. The minimum absolute atomic E-state index is 0.0201. The first-order valence-corrected chi connectivity index (χ1v) is 15.5. The number of nitrogens with one attached hydrogen (secondary N) is 1. The number of hydrogen-bond acceptors (Lipinski definition) is 5. The van der Waals surface area contributed by atoms with Gasteiger partial charge in [-0.15, -0.1) is 0 Å². The Bertz CT molecular complexity index is 1660. The van der Waals surface area contributed by atoms with Crippen molar-refractivity contribution in [2.75, 3.05) is 13.7 Å². The van der Waals surface area contributed by atoms with Crippen LogP contribution in [-0.4, -0.2) is 33.2 Å². The highest BCUT2D eigenvalue weighted by Gasteiger charge is 2.34. The lowest BCUT2D eigenvalue weighted by atomic mass is 9.88. The van der Waals surface area contributed by atoms with Crippen LogP contribution in [0.25, 0.3) is 22.5 Å². The van der Waals surface area contributed by atoms with E-state index in [1.54, 1.807) is 13.2 Å². The third-order valence-electron chi connectivity index (χ3n) is 9.01. The standard InChI is InChI=1S/C34H39ClFN5O/c1-6-19(3)26-17-30(39-33(20(26)4)25-12-13-37-34(36)32(25)35)27(21-8-9-21)18-38-28(7-2)23-14-24-16-29(22-10-11-22)40-41(24)31(15-23)42-5/h7,12-17,19,21-22,27,38H,6,8-11,18H2,1-5H3/b28-7-. The minimum atomic E-state index is -0.668. The molecule has 8 heteroatoms. The van der Waals surface area contributed by atoms with Crippen molar-refractivity contribution < 1.29 is 9.13 Å². The van der Waals surface area contributed by atoms with Crippen LogP contribution in [-0.2, 0) is 0 Å². The molecule has 6 nitrogen and oxygen atoms in total. The molecule has 6 rings (SSSR count). The molecule has 0 saturated heterocycles. The summed E-state index contributed by atoms with van der Waals surface area (Å²) in [6.45, 7) is 9.29. The molecule has 0 aromatic carbocycles. The summed E-state index contributed by atoms with van der Waals surface area (Å²) in [5.74, 6) is 1.71. The summed E-state index contributed by atoms with van der Waals surface area (Å²) < 4.78 is 22.1. The van der Waals surface area contributed by atoms with E-state index in [0.29, 0.717) is 23.3 Å². The Labute approximate surface area is 252 Å². The molecule has 0 amide bonds. The number of pyridine rings is 3. The third kappa shape index (κ3) is 5.51. The second-order valence-corrected chi connectivity index (χ2v) is 12.3. The number of hydrogen-bond donors (Lipinski definition) is 1. The van der Waals surface area contributed by atoms with Crippen LogP contribution >= 0.6 is 11.6 Å². The molecule has 1 N–H and O–H groups in total. The van der Waals surface area contributed by atoms with E-state index in [1.165, 1.54) is 37.4 Å². The Morgan fingerprint density at radius 3 is 2.67 bits per heavy atom. The summed E-state index contributed by atoms with van der Waals surface area (Å²) in [7, 11) is 1.69. The molecule has 4 aromatic rings. The van der Waals surface area contributed by atoms with Gasteiger partial charge in [0.15, 0.2) is 0 Å². The largest absolute Gasteiger partial charge is 0.481 e. The maximum atomic E-state index is 14.4. The van der Waals surface area contributed by atoms with Gasteiger partial charge in [0.1, 0.15) is 5.02 Å². The quantitative estimate of drug-likeness (QED) is 0.178. The van der Waals surface area contributed by atoms with E-state index in [0.717, 1.165) is 58.3 Å². The fourth-order valence-electron chi connectivity index (χ4n) is 6.01. The third-order valence-corrected chi connectivity index (χ3v) is 9.37. The van der Waals surface area contributed by atoms with E-state index in [4.69, 9.17) is 26.4 Å². The van der Waals surface area contributed by atoms with Crippen LogP contribution in [0, 0.1) is 18.8 Å². The second kappa shape index (κ2) is 11.7. The zero-order valence-corrected chi connectivity index (χ0v) is 25.8. The van der Waals surface area contributed by atoms with Crippen molar-refractivity contribution in [3.63, 3.8) is 0 Å². The van der Waals surface area contributed by atoms with Gasteiger partial charge < -0.3 is 10.1 Å². The SMILES string of the molecule is C/C=C(\NCC(c1cc(C(C)CC)c(C)c(-c2ccnc(F)c2Cl)n1)C1CC1)c1cc(OC)n2nc(C3CC3)cc2c1. The molecule has 42 heavy (non-hydrogen) atoms. The zero-order chi connectivity index (χ0) is 29.5. The molecule has 0 spiro atoms. The molecular weight excluding hydrogens is 549 g/mol. The van der Waals surface area contributed by atoms with Crippen LogP contribution in [0.1, 0.15) is 98.7 Å². The summed E-state index contributed by atoms with van der Waals surface area (Å²) in [6, 6.07) is 10.5. The van der Waals surface area contributed by atoms with E-state index < -0.39 is 5.95 Å². The van der Waals surface area contributed by atoms with Crippen molar-refractivity contribution in [1.29, 1.82) is 0 Å². The number of fused-ring (bicyclic) bond motifs is 1. The summed E-state index contributed by atoms with van der Waals surface area (Å²) >= 11 is 6.44. The molecule has 2 aliphatic carbocycles. The van der Waals surface area contributed by atoms with Gasteiger partial charge in [-0.05, 0) is 93.2 Å². The van der Waals surface area contributed by atoms with Gasteiger partial charge in [-0.1, -0.05) is 31.5 Å². The molecule has 2 unspecified atom stereocenters. The predicted molar refractivity (Wildman–Crippen MR) is 167 cm³/mol. The predicted octanol–water partition coefficient (Wildman–Crippen LogP) is 8.44. The van der Waals surface area contributed by atoms with Crippen molar-refractivity contribution in [2.24, 2.45) is 5.92 Å². The summed E-state index contributed by atoms with van der Waals surface area (Å²) in [5, 5.41) is 8.59. The molecular formula is C34H39ClFN5O. The molecule has 4 aromatic heterocycles. The van der Waals surface area contributed by atoms with Crippen LogP contribution in [0.3, 0.4) is 0 Å². The van der Waals surface area contributed by atoms with Gasteiger partial charge in [0.2, 0.25) is 11.8 Å². The molecule has 2 atom stereocenters. The number of allylic oxidation sites excluding steroid dienone is 1. The van der Waals surface area contributed by atoms with Gasteiger partial charge in [0.05, 0.1) is 24.0 Å². The molecule has 220 valence electrons. The normalized spacial score (nSPS) is 17.0. The highest BCUT2D eigenvalue weighted by molar-refractivity contribution is 6.33. The van der Waals surface area contributed by atoms with Gasteiger partial charge in [-0.3, -0.25) is 4.98 Å². The summed E-state index contributed by atoms with van der Waals surface area (Å²) in [4.78, 5) is 8.92. The fourth-order valence-corrected chi connectivity index (χ4v) is 6.21. The van der Waals surface area contributed by atoms with Crippen molar-refractivity contribution >= 4 is 22.8 Å². The molecule has 2 fully saturated rings. The highest BCUT2D eigenvalue weighted by atomic mass is 35.5. The van der Waals surface area contributed by atoms with Crippen LogP contribution in [0.4, 0.5) is 4.39 Å². The van der Waals surface area contributed by atoms with Crippen molar-refractivity contribution in [2.45, 2.75) is 77.6 Å². The number of rotatable bonds is 11. The smallest absolute Gasteiger partial charge is 0.232 e. The van der Waals surface area contributed by atoms with E-state index >= 15 is 0 Å². The number of halogens is 2. The minimum Gasteiger partial charge on any atom is -0.481 e. The lowest BCUT2D eigenvalue weighted by Gasteiger charge is -2.24. The van der Waals surface area contributed by atoms with Crippen molar-refractivity contribution in [3.8, 4) is 17.1 Å². The second-order valence-electron chi connectivity index (χ2n) is 11.9. The van der Waals surface area contributed by atoms with E-state index in [1.807, 2.05) is 10.6 Å². The van der Waals surface area contributed by atoms with Crippen LogP contribution in [0.15, 0.2) is 42.6 Å². The number of ether oxygens (including phenoxy) is 1. The van der Waals surface area contributed by atoms with E-state index in [2.05, 4.69) is 62.3 Å². The van der Waals surface area contributed by atoms with Crippen molar-refractivity contribution in [1.82, 2.24) is 24.9 Å². The van der Waals surface area contributed by atoms with Gasteiger partial charge in [0.25, 0.3) is 0 Å². The lowest BCUT2D eigenvalue weighted by molar-refractivity contribution is 0.385. The molecule has 0 aliphatic heterocycles. The van der Waals surface area contributed by atoms with Gasteiger partial charge in [-0.25, -0.2) is 9.50 Å². The maximum absolute atomic E-state index is 14.4. The number of nitrogens with zero attached hydrogens (tertiary/aromatic N) is 4. The number of methoxy groups -OCH3 is 1. The molecule has 4 heterocycles. The van der Waals surface area contributed by atoms with Crippen LogP contribution < -0.4 is 10.1 Å². The summed E-state index contributed by atoms with van der Waals surface area (Å²) in [5.41, 5.74) is 8.94. The molecule has 0 bridgehead atoms. The Kier molecular flexibility index (Phi) is 7.97. The molecule has 2 saturated carbocycles. The van der Waals surface area contributed by atoms with E-state index in [9.17, 15) is 4.39 Å². The van der Waals surface area contributed by atoms with E-state index in [-0.39, 0.29) is 10.9 Å². The van der Waals surface area contributed by atoms with Crippen LogP contribution in [0.2, 0.25) is 5.02 Å². The first-order valence-electron chi connectivity index (χ1n) is 15.1. The molecule has 0 radical (unpaired) electrons. The average molecular weight is 588 g/mol. The average Bonchev–Trinajstić information content (AvgIpc) is 3.94. The van der Waals surface area contributed by atoms with Crippen molar-refractivity contribution in [3.05, 3.63) is 81.7 Å². The first kappa shape index (κ1) is 28.7. The Morgan fingerprint density at radius 2 is 2.00 bits per heavy atom. The van der Waals surface area contributed by atoms with Crippen LogP contribution in [0.5, 0.6) is 5.88 Å². The number of aromatic nitrogens is 4. The fraction of sp³-hybridized carbons (Fsp3) is 0.441. The van der Waals surface area contributed by atoms with Gasteiger partial charge in [-0.2, -0.15) is 9.49 Å². The summed E-state index contributed by atoms with van der Waals surface area (Å²) in [6.07, 6.45) is 9.34. The first-order chi connectivity index (χ1) is 20.3. The Morgan fingerprint density at radius 1 is 1.21 bits per heavy atom.